The van der Waals surface area contributed by atoms with Crippen LogP contribution in [-0.4, -0.2) is 13.5 Å². The Hall–Kier alpha value is -0.740. The van der Waals surface area contributed by atoms with Crippen molar-refractivity contribution in [3.05, 3.63) is 29.3 Å². The fourth-order valence-corrected chi connectivity index (χ4v) is 1.90. The average Bonchev–Trinajstić information content (AvgIpc) is 1.94. The summed E-state index contributed by atoms with van der Waals surface area (Å²) in [6.45, 7) is 1.73. The Morgan fingerprint density at radius 1 is 1.46 bits per heavy atom. The van der Waals surface area contributed by atoms with Crippen LogP contribution in [0, 0.1) is 6.92 Å². The summed E-state index contributed by atoms with van der Waals surface area (Å²) in [5.41, 5.74) is 1.19. The Morgan fingerprint density at radius 3 is 2.54 bits per heavy atom. The van der Waals surface area contributed by atoms with E-state index in [4.69, 9.17) is 10.7 Å². The van der Waals surface area contributed by atoms with Gasteiger partial charge in [-0.05, 0) is 24.1 Å². The van der Waals surface area contributed by atoms with Crippen molar-refractivity contribution >= 4 is 19.7 Å². The lowest BCUT2D eigenvalue weighted by molar-refractivity contribution is 0.470. The second-order valence-electron chi connectivity index (χ2n) is 2.80. The molecule has 0 saturated heterocycles. The fraction of sp³-hybridized carbons (Fsp3) is 0.250. The lowest BCUT2D eigenvalue weighted by atomic mass is 10.1. The topological polar surface area (TPSA) is 54.4 Å². The van der Waals surface area contributed by atoms with Crippen LogP contribution in [0.5, 0.6) is 5.75 Å². The highest BCUT2D eigenvalue weighted by Gasteiger charge is 2.07. The van der Waals surface area contributed by atoms with Gasteiger partial charge in [0.15, 0.2) is 0 Å². The Labute approximate surface area is 81.4 Å². The summed E-state index contributed by atoms with van der Waals surface area (Å²) >= 11 is 0. The molecule has 5 heteroatoms. The van der Waals surface area contributed by atoms with E-state index >= 15 is 0 Å². The molecule has 0 fully saturated rings. The third-order valence-corrected chi connectivity index (χ3v) is 2.62. The molecule has 0 aliphatic rings. The maximum atomic E-state index is 10.7. The summed E-state index contributed by atoms with van der Waals surface area (Å²) in [5, 5.41) is 9.26. The maximum Gasteiger partial charge on any atom is 0.236 e. The molecular formula is C8H9ClO3S. The molecule has 0 bridgehead atoms. The quantitative estimate of drug-likeness (QED) is 0.773. The van der Waals surface area contributed by atoms with Crippen LogP contribution in [0.2, 0.25) is 0 Å². The molecule has 1 aromatic rings. The molecule has 0 radical (unpaired) electrons. The minimum Gasteiger partial charge on any atom is -0.508 e. The standard InChI is InChI=1S/C8H9ClO3S/c1-6-2-3-7(4-8(6)10)5-13(9,11)12/h2-4,10H,5H2,1H3. The SMILES string of the molecule is Cc1ccc(CS(=O)(=O)Cl)cc1O. The van der Waals surface area contributed by atoms with Crippen LogP contribution in [0.15, 0.2) is 18.2 Å². The van der Waals surface area contributed by atoms with Crippen molar-refractivity contribution in [1.29, 1.82) is 0 Å². The second-order valence-corrected chi connectivity index (χ2v) is 5.58. The molecule has 0 amide bonds. The van der Waals surface area contributed by atoms with Crippen LogP contribution in [0.1, 0.15) is 11.1 Å². The number of aromatic hydroxyl groups is 1. The van der Waals surface area contributed by atoms with Gasteiger partial charge in [0, 0.05) is 10.7 Å². The van der Waals surface area contributed by atoms with Crippen LogP contribution >= 0.6 is 10.7 Å². The van der Waals surface area contributed by atoms with E-state index in [0.29, 0.717) is 11.1 Å². The van der Waals surface area contributed by atoms with Crippen molar-refractivity contribution in [3.63, 3.8) is 0 Å². The molecule has 0 spiro atoms. The summed E-state index contributed by atoms with van der Waals surface area (Å²) < 4.78 is 21.4. The molecule has 3 nitrogen and oxygen atoms in total. The van der Waals surface area contributed by atoms with E-state index in [1.54, 1.807) is 19.1 Å². The maximum absolute atomic E-state index is 10.7. The second kappa shape index (κ2) is 3.55. The normalized spacial score (nSPS) is 11.5. The number of benzene rings is 1. The van der Waals surface area contributed by atoms with Crippen molar-refractivity contribution < 1.29 is 13.5 Å². The van der Waals surface area contributed by atoms with Crippen LogP contribution in [0.4, 0.5) is 0 Å². The minimum absolute atomic E-state index is 0.0813. The third kappa shape index (κ3) is 3.24. The van der Waals surface area contributed by atoms with E-state index in [0.717, 1.165) is 0 Å². The Morgan fingerprint density at radius 2 is 2.08 bits per heavy atom. The molecule has 1 rings (SSSR count). The van der Waals surface area contributed by atoms with Gasteiger partial charge >= 0.3 is 0 Å². The lowest BCUT2D eigenvalue weighted by Crippen LogP contribution is -1.94. The summed E-state index contributed by atoms with van der Waals surface area (Å²) in [6.07, 6.45) is 0. The molecule has 1 N–H and O–H groups in total. The van der Waals surface area contributed by atoms with Gasteiger partial charge in [-0.1, -0.05) is 12.1 Å². The zero-order chi connectivity index (χ0) is 10.1. The van der Waals surface area contributed by atoms with E-state index < -0.39 is 9.05 Å². The highest BCUT2D eigenvalue weighted by atomic mass is 35.7. The monoisotopic (exact) mass is 220 g/mol. The van der Waals surface area contributed by atoms with Gasteiger partial charge in [-0.2, -0.15) is 0 Å². The Bertz CT molecular complexity index is 411. The number of halogens is 1. The van der Waals surface area contributed by atoms with E-state index in [-0.39, 0.29) is 11.5 Å². The van der Waals surface area contributed by atoms with Crippen molar-refractivity contribution in [2.24, 2.45) is 0 Å². The highest BCUT2D eigenvalue weighted by Crippen LogP contribution is 2.19. The summed E-state index contributed by atoms with van der Waals surface area (Å²) in [4.78, 5) is 0. The van der Waals surface area contributed by atoms with Gasteiger partial charge in [-0.25, -0.2) is 8.42 Å². The molecule has 0 unspecified atom stereocenters. The molecule has 0 aliphatic heterocycles. The smallest absolute Gasteiger partial charge is 0.236 e. The molecule has 0 saturated carbocycles. The van der Waals surface area contributed by atoms with E-state index in [1.807, 2.05) is 0 Å². The summed E-state index contributed by atoms with van der Waals surface area (Å²) in [6, 6.07) is 4.66. The van der Waals surface area contributed by atoms with Gasteiger partial charge < -0.3 is 5.11 Å². The first-order chi connectivity index (χ1) is 5.88. The van der Waals surface area contributed by atoms with E-state index in [1.165, 1.54) is 6.07 Å². The lowest BCUT2D eigenvalue weighted by Gasteiger charge is -2.01. The van der Waals surface area contributed by atoms with Crippen molar-refractivity contribution in [2.45, 2.75) is 12.7 Å². The zero-order valence-corrected chi connectivity index (χ0v) is 8.56. The molecule has 13 heavy (non-hydrogen) atoms. The third-order valence-electron chi connectivity index (χ3n) is 1.61. The molecule has 0 aliphatic carbocycles. The van der Waals surface area contributed by atoms with Crippen LogP contribution in [0.3, 0.4) is 0 Å². The number of rotatable bonds is 2. The van der Waals surface area contributed by atoms with Gasteiger partial charge in [0.2, 0.25) is 9.05 Å². The first-order valence-electron chi connectivity index (χ1n) is 3.59. The summed E-state index contributed by atoms with van der Waals surface area (Å²) in [7, 11) is 1.50. The average molecular weight is 221 g/mol. The van der Waals surface area contributed by atoms with Crippen LogP contribution in [0.25, 0.3) is 0 Å². The Kier molecular flexibility index (Phi) is 2.83. The van der Waals surface area contributed by atoms with E-state index in [9.17, 15) is 13.5 Å². The Balaban J connectivity index is 2.99. The number of hydrogen-bond donors (Lipinski definition) is 1. The molecule has 0 atom stereocenters. The molecule has 0 aromatic heterocycles. The minimum atomic E-state index is -3.55. The predicted molar refractivity (Wildman–Crippen MR) is 51.3 cm³/mol. The molecule has 72 valence electrons. The zero-order valence-electron chi connectivity index (χ0n) is 6.99. The summed E-state index contributed by atoms with van der Waals surface area (Å²) in [5.74, 6) is -0.180. The molecule has 0 heterocycles. The van der Waals surface area contributed by atoms with Gasteiger partial charge in [0.1, 0.15) is 5.75 Å². The largest absolute Gasteiger partial charge is 0.508 e. The van der Waals surface area contributed by atoms with Gasteiger partial charge in [0.05, 0.1) is 5.75 Å². The van der Waals surface area contributed by atoms with Crippen molar-refractivity contribution in [1.82, 2.24) is 0 Å². The molecular weight excluding hydrogens is 212 g/mol. The predicted octanol–water partition coefficient (Wildman–Crippen LogP) is 1.77. The van der Waals surface area contributed by atoms with Gasteiger partial charge in [-0.15, -0.1) is 0 Å². The first kappa shape index (κ1) is 10.3. The van der Waals surface area contributed by atoms with E-state index in [2.05, 4.69) is 0 Å². The van der Waals surface area contributed by atoms with Crippen molar-refractivity contribution in [3.8, 4) is 5.75 Å². The number of phenolic OH excluding ortho intramolecular Hbond substituents is 1. The van der Waals surface area contributed by atoms with Crippen LogP contribution in [-0.2, 0) is 14.8 Å². The fourth-order valence-electron chi connectivity index (χ4n) is 0.944. The van der Waals surface area contributed by atoms with Crippen molar-refractivity contribution in [2.75, 3.05) is 0 Å². The van der Waals surface area contributed by atoms with Gasteiger partial charge in [0.25, 0.3) is 0 Å². The number of phenols is 1. The number of aryl methyl sites for hydroxylation is 1. The first-order valence-corrected chi connectivity index (χ1v) is 6.07. The van der Waals surface area contributed by atoms with Gasteiger partial charge in [-0.3, -0.25) is 0 Å². The highest BCUT2D eigenvalue weighted by molar-refractivity contribution is 8.13. The molecule has 1 aromatic carbocycles. The number of hydrogen-bond acceptors (Lipinski definition) is 3. The van der Waals surface area contributed by atoms with Crippen LogP contribution < -0.4 is 0 Å².